The maximum Gasteiger partial charge on any atom is 0.573 e. The summed E-state index contributed by atoms with van der Waals surface area (Å²) in [5.41, 5.74) is -0.0347. The van der Waals surface area contributed by atoms with Crippen molar-refractivity contribution in [2.75, 3.05) is 33.4 Å². The molecule has 0 unspecified atom stereocenters. The highest BCUT2D eigenvalue weighted by Gasteiger charge is 2.30. The predicted octanol–water partition coefficient (Wildman–Crippen LogP) is 1.86. The van der Waals surface area contributed by atoms with Gasteiger partial charge in [0.05, 0.1) is 19.8 Å². The zero-order valence-corrected chi connectivity index (χ0v) is 13.0. The van der Waals surface area contributed by atoms with Gasteiger partial charge in [-0.05, 0) is 31.3 Å². The smallest absolute Gasteiger partial charge is 0.406 e. The van der Waals surface area contributed by atoms with Crippen LogP contribution < -0.4 is 4.74 Å². The molecule has 0 heterocycles. The number of benzene rings is 1. The molecular weight excluding hydrogens is 311 g/mol. The Morgan fingerprint density at radius 1 is 1.13 bits per heavy atom. The summed E-state index contributed by atoms with van der Waals surface area (Å²) in [7, 11) is 1.80. The van der Waals surface area contributed by atoms with Crippen LogP contribution >= 0.6 is 0 Å². The van der Waals surface area contributed by atoms with E-state index in [1.807, 2.05) is 4.90 Å². The van der Waals surface area contributed by atoms with Gasteiger partial charge in [-0.3, -0.25) is 4.90 Å². The first-order valence-electron chi connectivity index (χ1n) is 6.92. The van der Waals surface area contributed by atoms with E-state index in [9.17, 15) is 23.4 Å². The van der Waals surface area contributed by atoms with Crippen LogP contribution in [0.1, 0.15) is 12.5 Å². The van der Waals surface area contributed by atoms with Gasteiger partial charge < -0.3 is 14.9 Å². The van der Waals surface area contributed by atoms with Crippen LogP contribution in [0.2, 0.25) is 0 Å². The van der Waals surface area contributed by atoms with E-state index in [1.54, 1.807) is 14.0 Å². The number of hydrogen-bond acceptors (Lipinski definition) is 4. The Morgan fingerprint density at radius 2 is 1.70 bits per heavy atom. The molecular formula is C16H20F3NO3. The van der Waals surface area contributed by atoms with Crippen LogP contribution in [0.15, 0.2) is 24.3 Å². The largest absolute Gasteiger partial charge is 0.573 e. The van der Waals surface area contributed by atoms with E-state index in [2.05, 4.69) is 16.6 Å². The first kappa shape index (κ1) is 19.3. The molecule has 1 aromatic rings. The van der Waals surface area contributed by atoms with Gasteiger partial charge in [0.1, 0.15) is 5.75 Å². The number of hydrogen-bond donors (Lipinski definition) is 2. The Kier molecular flexibility index (Phi) is 6.88. The molecule has 0 saturated carbocycles. The Bertz CT molecular complexity index is 542. The number of aliphatic hydroxyl groups excluding tert-OH is 2. The van der Waals surface area contributed by atoms with Crippen LogP contribution in [0, 0.1) is 17.3 Å². The molecule has 0 aliphatic heterocycles. The molecule has 0 aromatic heterocycles. The van der Waals surface area contributed by atoms with E-state index in [0.717, 1.165) is 0 Å². The van der Waals surface area contributed by atoms with Crippen LogP contribution in [-0.2, 0) is 0 Å². The summed E-state index contributed by atoms with van der Waals surface area (Å²) in [5, 5.41) is 18.5. The summed E-state index contributed by atoms with van der Waals surface area (Å²) in [6.45, 7) is 2.35. The van der Waals surface area contributed by atoms with E-state index < -0.39 is 11.8 Å². The molecule has 0 spiro atoms. The molecule has 0 aliphatic rings. The van der Waals surface area contributed by atoms with E-state index in [4.69, 9.17) is 0 Å². The molecule has 4 nitrogen and oxygen atoms in total. The molecule has 23 heavy (non-hydrogen) atoms. The second kappa shape index (κ2) is 8.20. The van der Waals surface area contributed by atoms with Gasteiger partial charge in [-0.15, -0.1) is 13.2 Å². The lowest BCUT2D eigenvalue weighted by Gasteiger charge is -2.29. The fourth-order valence-corrected chi connectivity index (χ4v) is 1.87. The first-order chi connectivity index (χ1) is 10.7. The molecule has 1 aromatic carbocycles. The van der Waals surface area contributed by atoms with Crippen LogP contribution in [0.4, 0.5) is 13.2 Å². The zero-order valence-electron chi connectivity index (χ0n) is 13.0. The molecule has 0 fully saturated rings. The zero-order chi connectivity index (χ0) is 17.5. The Balaban J connectivity index is 2.56. The van der Waals surface area contributed by atoms with Gasteiger partial charge in [-0.2, -0.15) is 0 Å². The minimum Gasteiger partial charge on any atom is -0.406 e. The highest BCUT2D eigenvalue weighted by molar-refractivity contribution is 5.38. The molecule has 0 amide bonds. The third kappa shape index (κ3) is 7.37. The third-order valence-electron chi connectivity index (χ3n) is 3.08. The molecule has 0 radical (unpaired) electrons. The maximum atomic E-state index is 12.0. The summed E-state index contributed by atoms with van der Waals surface area (Å²) in [4.78, 5) is 1.85. The van der Waals surface area contributed by atoms with Crippen molar-refractivity contribution in [3.05, 3.63) is 29.8 Å². The lowest BCUT2D eigenvalue weighted by molar-refractivity contribution is -0.274. The van der Waals surface area contributed by atoms with Gasteiger partial charge in [0.2, 0.25) is 0 Å². The minimum absolute atomic E-state index is 0.137. The van der Waals surface area contributed by atoms with Crippen molar-refractivity contribution in [2.45, 2.75) is 13.3 Å². The van der Waals surface area contributed by atoms with E-state index in [-0.39, 0.29) is 19.0 Å². The summed E-state index contributed by atoms with van der Waals surface area (Å²) < 4.78 is 39.9. The van der Waals surface area contributed by atoms with Crippen molar-refractivity contribution < 1.29 is 28.1 Å². The van der Waals surface area contributed by atoms with Gasteiger partial charge in [-0.25, -0.2) is 0 Å². The normalized spacial score (nSPS) is 12.0. The van der Waals surface area contributed by atoms with Crippen molar-refractivity contribution in [3.8, 4) is 17.6 Å². The standard InChI is InChI=1S/C16H20F3NO3/c1-15(11-21,12-22)10-20(2)9-3-4-13-5-7-14(8-6-13)23-16(17,18)19/h5-8,21-22H,9-12H2,1-2H3. The highest BCUT2D eigenvalue weighted by Crippen LogP contribution is 2.22. The molecule has 0 bridgehead atoms. The van der Waals surface area contributed by atoms with Gasteiger partial charge in [-0.1, -0.05) is 18.8 Å². The topological polar surface area (TPSA) is 52.9 Å². The van der Waals surface area contributed by atoms with Crippen molar-refractivity contribution in [1.29, 1.82) is 0 Å². The number of nitrogens with zero attached hydrogens (tertiary/aromatic N) is 1. The summed E-state index contributed by atoms with van der Waals surface area (Å²) >= 11 is 0. The number of ether oxygens (including phenoxy) is 1. The van der Waals surface area contributed by atoms with E-state index in [1.165, 1.54) is 24.3 Å². The molecule has 0 aliphatic carbocycles. The molecule has 7 heteroatoms. The number of alkyl halides is 3. The monoisotopic (exact) mass is 331 g/mol. The average Bonchev–Trinajstić information content (AvgIpc) is 2.47. The number of aliphatic hydroxyl groups is 2. The van der Waals surface area contributed by atoms with Gasteiger partial charge in [0.25, 0.3) is 0 Å². The lowest BCUT2D eigenvalue weighted by Crippen LogP contribution is -2.39. The van der Waals surface area contributed by atoms with Crippen molar-refractivity contribution in [1.82, 2.24) is 4.90 Å². The fourth-order valence-electron chi connectivity index (χ4n) is 1.87. The van der Waals surface area contributed by atoms with Gasteiger partial charge in [0, 0.05) is 17.5 Å². The molecule has 2 N–H and O–H groups in total. The van der Waals surface area contributed by atoms with Crippen LogP contribution in [0.25, 0.3) is 0 Å². The Labute approximate surface area is 133 Å². The number of halogens is 3. The second-order valence-corrected chi connectivity index (χ2v) is 5.67. The Hall–Kier alpha value is -1.75. The van der Waals surface area contributed by atoms with Gasteiger partial charge >= 0.3 is 6.36 Å². The average molecular weight is 331 g/mol. The van der Waals surface area contributed by atoms with Crippen molar-refractivity contribution >= 4 is 0 Å². The summed E-state index contributed by atoms with van der Waals surface area (Å²) in [5.74, 6) is 5.43. The molecule has 1 rings (SSSR count). The van der Waals surface area contributed by atoms with Crippen LogP contribution in [0.3, 0.4) is 0 Å². The Morgan fingerprint density at radius 3 is 2.17 bits per heavy atom. The van der Waals surface area contributed by atoms with E-state index >= 15 is 0 Å². The van der Waals surface area contributed by atoms with Crippen LogP contribution in [-0.4, -0.2) is 54.8 Å². The first-order valence-corrected chi connectivity index (χ1v) is 6.92. The molecule has 128 valence electrons. The lowest BCUT2D eigenvalue weighted by atomic mass is 9.92. The van der Waals surface area contributed by atoms with E-state index in [0.29, 0.717) is 18.7 Å². The minimum atomic E-state index is -4.71. The number of rotatable bonds is 6. The second-order valence-electron chi connectivity index (χ2n) is 5.67. The fraction of sp³-hybridized carbons (Fsp3) is 0.500. The summed E-state index contributed by atoms with van der Waals surface area (Å²) in [6.07, 6.45) is -4.71. The molecule has 0 saturated heterocycles. The predicted molar refractivity (Wildman–Crippen MR) is 79.8 cm³/mol. The summed E-state index contributed by atoms with van der Waals surface area (Å²) in [6, 6.07) is 5.30. The van der Waals surface area contributed by atoms with Crippen molar-refractivity contribution in [2.24, 2.45) is 5.41 Å². The van der Waals surface area contributed by atoms with Gasteiger partial charge in [0.15, 0.2) is 0 Å². The molecule has 0 atom stereocenters. The maximum absolute atomic E-state index is 12.0. The SMILES string of the molecule is CN(CC#Cc1ccc(OC(F)(F)F)cc1)CC(C)(CO)CO. The van der Waals surface area contributed by atoms with Crippen LogP contribution in [0.5, 0.6) is 5.75 Å². The highest BCUT2D eigenvalue weighted by atomic mass is 19.4. The quantitative estimate of drug-likeness (QED) is 0.782. The third-order valence-corrected chi connectivity index (χ3v) is 3.08. The van der Waals surface area contributed by atoms with Crippen molar-refractivity contribution in [3.63, 3.8) is 0 Å².